The molecule has 1 atom stereocenters. The zero-order valence-electron chi connectivity index (χ0n) is 17.1. The van der Waals surface area contributed by atoms with Gasteiger partial charge in [0.05, 0.1) is 6.54 Å². The topological polar surface area (TPSA) is 123 Å². The van der Waals surface area contributed by atoms with Crippen LogP contribution < -0.4 is 5.73 Å². The summed E-state index contributed by atoms with van der Waals surface area (Å²) in [6.07, 6.45) is 2.48. The lowest BCUT2D eigenvalue weighted by Crippen LogP contribution is -2.18. The Bertz CT molecular complexity index is 1020. The molecule has 0 aliphatic carbocycles. The molecular formula is C21H25N4O4S+. The van der Waals surface area contributed by atoms with Gasteiger partial charge in [-0.05, 0) is 36.2 Å². The van der Waals surface area contributed by atoms with E-state index in [0.29, 0.717) is 28.0 Å². The summed E-state index contributed by atoms with van der Waals surface area (Å²) < 4.78 is 18.2. The number of aromatic nitrogens is 3. The van der Waals surface area contributed by atoms with Crippen molar-refractivity contribution in [2.75, 3.05) is 0 Å². The van der Waals surface area contributed by atoms with Crippen LogP contribution in [0.25, 0.3) is 0 Å². The van der Waals surface area contributed by atoms with Crippen molar-refractivity contribution in [2.45, 2.75) is 49.8 Å². The zero-order chi connectivity index (χ0) is 21.8. The van der Waals surface area contributed by atoms with E-state index in [1.54, 1.807) is 24.5 Å². The number of hydrogen-bond acceptors (Lipinski definition) is 6. The largest absolute Gasteiger partial charge is 0.508 e. The Morgan fingerprint density at radius 1 is 1.27 bits per heavy atom. The Morgan fingerprint density at radius 3 is 2.57 bits per heavy atom. The van der Waals surface area contributed by atoms with Gasteiger partial charge in [-0.3, -0.25) is 9.55 Å². The summed E-state index contributed by atoms with van der Waals surface area (Å²) in [7, 11) is 0. The molecule has 0 fully saturated rings. The summed E-state index contributed by atoms with van der Waals surface area (Å²) in [6.45, 7) is 6.09. The maximum absolute atomic E-state index is 11.3. The van der Waals surface area contributed by atoms with Crippen molar-refractivity contribution < 1.29 is 19.2 Å². The molecule has 0 aliphatic heterocycles. The normalized spacial score (nSPS) is 12.2. The lowest BCUT2D eigenvalue weighted by atomic mass is 10.1. The third-order valence-electron chi connectivity index (χ3n) is 4.45. The van der Waals surface area contributed by atoms with Gasteiger partial charge in [0.15, 0.2) is 12.4 Å². The Hall–Kier alpha value is -3.04. The number of primary amides is 1. The molecule has 0 aliphatic rings. The van der Waals surface area contributed by atoms with Crippen molar-refractivity contribution in [3.05, 3.63) is 65.4 Å². The van der Waals surface area contributed by atoms with E-state index in [-0.39, 0.29) is 18.3 Å². The van der Waals surface area contributed by atoms with Gasteiger partial charge >= 0.3 is 6.09 Å². The van der Waals surface area contributed by atoms with Gasteiger partial charge in [0.1, 0.15) is 11.4 Å². The van der Waals surface area contributed by atoms with Crippen molar-refractivity contribution >= 4 is 17.3 Å². The van der Waals surface area contributed by atoms with Gasteiger partial charge in [-0.2, -0.15) is 4.55 Å². The van der Waals surface area contributed by atoms with Crippen LogP contribution in [0.3, 0.4) is 0 Å². The number of hydrogen-bond donors (Lipinski definition) is 3. The molecule has 0 saturated carbocycles. The molecule has 1 amide bonds. The molecular weight excluding hydrogens is 404 g/mol. The second kappa shape index (κ2) is 9.19. The van der Waals surface area contributed by atoms with Gasteiger partial charge in [0, 0.05) is 30.4 Å². The molecule has 2 heterocycles. The van der Waals surface area contributed by atoms with E-state index in [1.165, 1.54) is 0 Å². The number of phenolic OH excluding ortho intramolecular Hbond substituents is 1. The van der Waals surface area contributed by atoms with Gasteiger partial charge < -0.3 is 15.6 Å². The molecule has 4 N–H and O–H groups in total. The molecule has 0 spiro atoms. The highest BCUT2D eigenvalue weighted by atomic mass is 32.2. The van der Waals surface area contributed by atoms with Gasteiger partial charge in [0.2, 0.25) is 16.1 Å². The minimum Gasteiger partial charge on any atom is -0.508 e. The number of benzene rings is 1. The number of rotatable bonds is 7. The van der Waals surface area contributed by atoms with Gasteiger partial charge in [-0.1, -0.05) is 13.8 Å². The zero-order valence-corrected chi connectivity index (χ0v) is 17.9. The number of carbonyl (C=O) groups is 1. The average molecular weight is 430 g/mol. The van der Waals surface area contributed by atoms with E-state index in [2.05, 4.69) is 9.97 Å². The van der Waals surface area contributed by atoms with Crippen molar-refractivity contribution in [2.24, 2.45) is 5.73 Å². The Balaban J connectivity index is 2.15. The molecule has 3 aromatic rings. The number of ether oxygens (including phenoxy) is 1. The van der Waals surface area contributed by atoms with Gasteiger partial charge in [-0.25, -0.2) is 9.78 Å². The number of aryl methyl sites for hydroxylation is 1. The number of amides is 1. The predicted molar refractivity (Wildman–Crippen MR) is 113 cm³/mol. The van der Waals surface area contributed by atoms with Crippen LogP contribution in [-0.4, -0.2) is 30.3 Å². The second-order valence-corrected chi connectivity index (χ2v) is 8.64. The van der Waals surface area contributed by atoms with Crippen LogP contribution in [0.1, 0.15) is 42.4 Å². The van der Waals surface area contributed by atoms with Crippen LogP contribution >= 0.6 is 0 Å². The molecule has 2 aromatic heterocycles. The number of carbonyl (C=O) groups excluding carboxylic acids is 1. The van der Waals surface area contributed by atoms with Gasteiger partial charge in [-0.15, -0.1) is 0 Å². The summed E-state index contributed by atoms with van der Waals surface area (Å²) in [6, 6.07) is 8.74. The summed E-state index contributed by atoms with van der Waals surface area (Å²) in [4.78, 5) is 20.5. The Labute approximate surface area is 177 Å². The summed E-state index contributed by atoms with van der Waals surface area (Å²) >= 11 is -1.38. The van der Waals surface area contributed by atoms with E-state index in [0.717, 1.165) is 11.1 Å². The Morgan fingerprint density at radius 2 is 1.97 bits per heavy atom. The van der Waals surface area contributed by atoms with Crippen LogP contribution in [0.2, 0.25) is 0 Å². The fourth-order valence-corrected chi connectivity index (χ4v) is 4.72. The maximum Gasteiger partial charge on any atom is 0.404 e. The van der Waals surface area contributed by atoms with Crippen LogP contribution in [-0.2, 0) is 29.1 Å². The highest BCUT2D eigenvalue weighted by Crippen LogP contribution is 2.32. The van der Waals surface area contributed by atoms with E-state index in [1.807, 2.05) is 43.5 Å². The standard InChI is InChI=1S/C21H24N4O4S/c1-13(2)19-20(30(28)17-9-14(3)8-16(26)10-17)25(11-15-4-6-23-7-5-15)18(24-19)12-29-21(22)27/h4-10,13,28H,11-12H2,1-3H3,(H2-,22,26,27)/p+1. The van der Waals surface area contributed by atoms with E-state index in [9.17, 15) is 14.5 Å². The highest BCUT2D eigenvalue weighted by Gasteiger charge is 2.36. The summed E-state index contributed by atoms with van der Waals surface area (Å²) in [5, 5.41) is 10.6. The molecule has 158 valence electrons. The lowest BCUT2D eigenvalue weighted by molar-refractivity contribution is 0.145. The first kappa shape index (κ1) is 21.7. The number of nitrogens with two attached hydrogens (primary N) is 1. The predicted octanol–water partition coefficient (Wildman–Crippen LogP) is 3.57. The molecule has 1 unspecified atom stereocenters. The first-order valence-corrected chi connectivity index (χ1v) is 10.6. The molecule has 0 saturated heterocycles. The van der Waals surface area contributed by atoms with Crippen LogP contribution in [0.4, 0.5) is 4.79 Å². The smallest absolute Gasteiger partial charge is 0.404 e. The van der Waals surface area contributed by atoms with Crippen molar-refractivity contribution in [3.8, 4) is 5.75 Å². The number of nitrogens with zero attached hydrogens (tertiary/aromatic N) is 3. The van der Waals surface area contributed by atoms with Crippen molar-refractivity contribution in [1.29, 1.82) is 0 Å². The van der Waals surface area contributed by atoms with E-state index in [4.69, 9.17) is 10.5 Å². The van der Waals surface area contributed by atoms with Crippen LogP contribution in [0.5, 0.6) is 5.75 Å². The number of phenols is 1. The lowest BCUT2D eigenvalue weighted by Gasteiger charge is -2.11. The summed E-state index contributed by atoms with van der Waals surface area (Å²) in [5.74, 6) is 0.569. The third kappa shape index (κ3) is 4.92. The number of imidazole rings is 1. The first-order valence-electron chi connectivity index (χ1n) is 9.40. The van der Waals surface area contributed by atoms with Crippen LogP contribution in [0, 0.1) is 6.92 Å². The minimum absolute atomic E-state index is 0.00609. The molecule has 0 bridgehead atoms. The maximum atomic E-state index is 11.3. The third-order valence-corrected chi connectivity index (χ3v) is 5.93. The van der Waals surface area contributed by atoms with Crippen LogP contribution in [0.15, 0.2) is 52.6 Å². The number of pyridine rings is 1. The molecule has 0 radical (unpaired) electrons. The fraction of sp³-hybridized carbons (Fsp3) is 0.286. The van der Waals surface area contributed by atoms with Gasteiger partial charge in [0.25, 0.3) is 5.03 Å². The average Bonchev–Trinajstić information content (AvgIpc) is 3.04. The Kier molecular flexibility index (Phi) is 6.63. The molecule has 30 heavy (non-hydrogen) atoms. The quantitative estimate of drug-likeness (QED) is 0.493. The fourth-order valence-electron chi connectivity index (χ4n) is 3.11. The van der Waals surface area contributed by atoms with E-state index < -0.39 is 17.3 Å². The summed E-state index contributed by atoms with van der Waals surface area (Å²) in [5.41, 5.74) is 7.62. The molecule has 9 heteroatoms. The molecule has 1 aromatic carbocycles. The first-order chi connectivity index (χ1) is 14.3. The molecule has 8 nitrogen and oxygen atoms in total. The van der Waals surface area contributed by atoms with E-state index >= 15 is 0 Å². The molecule has 3 rings (SSSR count). The second-order valence-electron chi connectivity index (χ2n) is 7.21. The monoisotopic (exact) mass is 429 g/mol. The van der Waals surface area contributed by atoms with Crippen molar-refractivity contribution in [1.82, 2.24) is 14.5 Å². The number of aromatic hydroxyl groups is 1. The highest BCUT2D eigenvalue weighted by molar-refractivity contribution is 7.91. The SMILES string of the molecule is Cc1cc(O)cc([S+](O)c2c(C(C)C)nc(COC(N)=O)n2Cc2ccncc2)c1. The minimum atomic E-state index is -1.38. The van der Waals surface area contributed by atoms with Crippen molar-refractivity contribution in [3.63, 3.8) is 0 Å².